The van der Waals surface area contributed by atoms with Gasteiger partial charge in [0.1, 0.15) is 11.6 Å². The van der Waals surface area contributed by atoms with Gasteiger partial charge in [-0.2, -0.15) is 13.2 Å². The first-order chi connectivity index (χ1) is 16.7. The molecule has 2 rings (SSSR count). The zero-order chi connectivity index (χ0) is 27.3. The van der Waals surface area contributed by atoms with Gasteiger partial charge in [-0.3, -0.25) is 9.59 Å². The number of carbonyl (C=O) groups is 4. The van der Waals surface area contributed by atoms with Crippen molar-refractivity contribution >= 4 is 29.9 Å². The summed E-state index contributed by atoms with van der Waals surface area (Å²) in [5.41, 5.74) is -0.407. The Morgan fingerprint density at radius 2 is 1.67 bits per heavy atom. The molecule has 0 N–H and O–H groups in total. The molecule has 36 heavy (non-hydrogen) atoms. The topological polar surface area (TPSA) is 99.2 Å². The average Bonchev–Trinajstić information content (AvgIpc) is 3.23. The summed E-state index contributed by atoms with van der Waals surface area (Å²) in [5, 5.41) is 0. The number of benzene rings is 1. The highest BCUT2D eigenvalue weighted by molar-refractivity contribution is 5.95. The van der Waals surface area contributed by atoms with Gasteiger partial charge in [0.25, 0.3) is 0 Å². The van der Waals surface area contributed by atoms with E-state index in [4.69, 9.17) is 14.2 Å². The molecule has 1 aromatic carbocycles. The number of carbonyl (C=O) groups excluding carboxylic acids is 4. The normalized spacial score (nSPS) is 19.4. The molecule has 0 aliphatic carbocycles. The van der Waals surface area contributed by atoms with E-state index in [1.807, 2.05) is 0 Å². The summed E-state index contributed by atoms with van der Waals surface area (Å²) in [6.07, 6.45) is -4.17. The molecule has 11 heteroatoms. The predicted molar refractivity (Wildman–Crippen MR) is 122 cm³/mol. The zero-order valence-electron chi connectivity index (χ0n) is 20.8. The highest BCUT2D eigenvalue weighted by Crippen LogP contribution is 2.38. The predicted octanol–water partition coefficient (Wildman–Crippen LogP) is 3.54. The van der Waals surface area contributed by atoms with Crippen molar-refractivity contribution in [3.63, 3.8) is 0 Å². The number of esters is 3. The second kappa shape index (κ2) is 11.6. The molecular weight excluding hydrogens is 483 g/mol. The Hall–Kier alpha value is -3.37. The lowest BCUT2D eigenvalue weighted by atomic mass is 9.81. The highest BCUT2D eigenvalue weighted by Gasteiger charge is 2.54. The molecule has 0 unspecified atom stereocenters. The van der Waals surface area contributed by atoms with E-state index < -0.39 is 60.0 Å². The number of hydrogen-bond acceptors (Lipinski definition) is 7. The standard InChI is InChI=1S/C25H30F3NO7/c1-24(2,3)36-22(32)19-17(11-12-29(19)23(33)25(26,27)28)18(21(31)35-5)14-16(20(30)34-4)13-15-9-7-6-8-10-15/h6-10,13,17-19H,11-12,14H2,1-5H3/b16-13-/t17-,18-,19-/m0/s1. The Bertz CT molecular complexity index is 999. The maximum absolute atomic E-state index is 13.3. The monoisotopic (exact) mass is 513 g/mol. The summed E-state index contributed by atoms with van der Waals surface area (Å²) in [6.45, 7) is 4.15. The Kier molecular flexibility index (Phi) is 9.28. The van der Waals surface area contributed by atoms with Crippen molar-refractivity contribution in [1.82, 2.24) is 4.90 Å². The molecule has 1 aliphatic heterocycles. The number of ether oxygens (including phenoxy) is 3. The molecule has 0 saturated carbocycles. The van der Waals surface area contributed by atoms with Crippen LogP contribution in [0.3, 0.4) is 0 Å². The number of likely N-dealkylation sites (tertiary alicyclic amines) is 1. The summed E-state index contributed by atoms with van der Waals surface area (Å²) < 4.78 is 55.0. The van der Waals surface area contributed by atoms with E-state index in [-0.39, 0.29) is 18.4 Å². The maximum atomic E-state index is 13.3. The van der Waals surface area contributed by atoms with Gasteiger partial charge in [-0.05, 0) is 45.3 Å². The number of hydrogen-bond donors (Lipinski definition) is 0. The van der Waals surface area contributed by atoms with Crippen LogP contribution in [0.1, 0.15) is 39.2 Å². The lowest BCUT2D eigenvalue weighted by Gasteiger charge is -2.32. The summed E-state index contributed by atoms with van der Waals surface area (Å²) in [4.78, 5) is 51.0. The zero-order valence-corrected chi connectivity index (χ0v) is 20.8. The van der Waals surface area contributed by atoms with Gasteiger partial charge in [-0.1, -0.05) is 30.3 Å². The number of alkyl halides is 3. The molecular formula is C25H30F3NO7. The molecule has 1 aromatic rings. The minimum Gasteiger partial charge on any atom is -0.469 e. The molecule has 0 aromatic heterocycles. The molecule has 0 radical (unpaired) electrons. The van der Waals surface area contributed by atoms with Crippen molar-refractivity contribution in [3.8, 4) is 0 Å². The molecule has 1 heterocycles. The number of methoxy groups -OCH3 is 2. The summed E-state index contributed by atoms with van der Waals surface area (Å²) in [6, 6.07) is 6.93. The van der Waals surface area contributed by atoms with Crippen LogP contribution in [0.15, 0.2) is 35.9 Å². The third kappa shape index (κ3) is 7.32. The van der Waals surface area contributed by atoms with Gasteiger partial charge in [-0.25, -0.2) is 9.59 Å². The third-order valence-electron chi connectivity index (χ3n) is 5.64. The third-order valence-corrected chi connectivity index (χ3v) is 5.64. The van der Waals surface area contributed by atoms with E-state index in [9.17, 15) is 32.3 Å². The van der Waals surface area contributed by atoms with Crippen LogP contribution < -0.4 is 0 Å². The van der Waals surface area contributed by atoms with E-state index in [1.165, 1.54) is 26.8 Å². The van der Waals surface area contributed by atoms with Crippen LogP contribution in [0.4, 0.5) is 13.2 Å². The van der Waals surface area contributed by atoms with Crippen LogP contribution in [-0.2, 0) is 33.4 Å². The SMILES string of the molecule is COC(=O)/C(=C\c1ccccc1)C[C@H](C(=O)OC)[C@@H]1CCN(C(=O)C(F)(F)F)[C@@H]1C(=O)OC(C)(C)C. The molecule has 198 valence electrons. The molecule has 0 spiro atoms. The van der Waals surface area contributed by atoms with Crippen molar-refractivity contribution in [2.45, 2.75) is 51.4 Å². The quantitative estimate of drug-likeness (QED) is 0.312. The maximum Gasteiger partial charge on any atom is 0.471 e. The van der Waals surface area contributed by atoms with Gasteiger partial charge >= 0.3 is 30.0 Å². The summed E-state index contributed by atoms with van der Waals surface area (Å²) in [7, 11) is 2.24. The first-order valence-corrected chi connectivity index (χ1v) is 11.2. The van der Waals surface area contributed by atoms with E-state index in [0.29, 0.717) is 10.5 Å². The molecule has 1 aliphatic rings. The molecule has 8 nitrogen and oxygen atoms in total. The molecule has 1 fully saturated rings. The fraction of sp³-hybridized carbons (Fsp3) is 0.520. The van der Waals surface area contributed by atoms with Gasteiger partial charge in [0, 0.05) is 18.0 Å². The number of nitrogens with zero attached hydrogens (tertiary/aromatic N) is 1. The van der Waals surface area contributed by atoms with Gasteiger partial charge in [0.15, 0.2) is 0 Å². The highest BCUT2D eigenvalue weighted by atomic mass is 19.4. The lowest BCUT2D eigenvalue weighted by molar-refractivity contribution is -0.191. The Morgan fingerprint density at radius 3 is 2.17 bits per heavy atom. The van der Waals surface area contributed by atoms with E-state index in [1.54, 1.807) is 30.3 Å². The Balaban J connectivity index is 2.54. The minimum absolute atomic E-state index is 0.0441. The number of amides is 1. The second-order valence-corrected chi connectivity index (χ2v) is 9.33. The summed E-state index contributed by atoms with van der Waals surface area (Å²) >= 11 is 0. The second-order valence-electron chi connectivity index (χ2n) is 9.33. The average molecular weight is 514 g/mol. The van der Waals surface area contributed by atoms with Crippen molar-refractivity contribution < 1.29 is 46.6 Å². The van der Waals surface area contributed by atoms with Crippen LogP contribution in [-0.4, -0.2) is 67.3 Å². The molecule has 0 bridgehead atoms. The first-order valence-electron chi connectivity index (χ1n) is 11.2. The van der Waals surface area contributed by atoms with Crippen LogP contribution in [0, 0.1) is 11.8 Å². The Labute approximate surface area is 207 Å². The van der Waals surface area contributed by atoms with Gasteiger partial charge < -0.3 is 19.1 Å². The van der Waals surface area contributed by atoms with Crippen molar-refractivity contribution in [2.75, 3.05) is 20.8 Å². The fourth-order valence-corrected chi connectivity index (χ4v) is 4.17. The smallest absolute Gasteiger partial charge is 0.469 e. The number of halogens is 3. The first kappa shape index (κ1) is 28.9. The van der Waals surface area contributed by atoms with E-state index in [0.717, 1.165) is 14.2 Å². The van der Waals surface area contributed by atoms with E-state index in [2.05, 4.69) is 0 Å². The summed E-state index contributed by atoms with van der Waals surface area (Å²) in [5.74, 6) is -7.25. The van der Waals surface area contributed by atoms with Gasteiger partial charge in [0.05, 0.1) is 20.1 Å². The van der Waals surface area contributed by atoms with Crippen LogP contribution >= 0.6 is 0 Å². The minimum atomic E-state index is -5.24. The number of rotatable bonds is 7. The fourth-order valence-electron chi connectivity index (χ4n) is 4.17. The molecule has 3 atom stereocenters. The van der Waals surface area contributed by atoms with Crippen LogP contribution in [0.2, 0.25) is 0 Å². The van der Waals surface area contributed by atoms with Crippen molar-refractivity contribution in [1.29, 1.82) is 0 Å². The van der Waals surface area contributed by atoms with Crippen molar-refractivity contribution in [2.24, 2.45) is 11.8 Å². The molecule has 1 amide bonds. The van der Waals surface area contributed by atoms with Gasteiger partial charge in [-0.15, -0.1) is 0 Å². The van der Waals surface area contributed by atoms with E-state index >= 15 is 0 Å². The van der Waals surface area contributed by atoms with Crippen LogP contribution in [0.25, 0.3) is 6.08 Å². The molecule has 1 saturated heterocycles. The van der Waals surface area contributed by atoms with Gasteiger partial charge in [0.2, 0.25) is 0 Å². The largest absolute Gasteiger partial charge is 0.471 e. The Morgan fingerprint density at radius 1 is 1.06 bits per heavy atom. The van der Waals surface area contributed by atoms with Crippen LogP contribution in [0.5, 0.6) is 0 Å². The lowest BCUT2D eigenvalue weighted by Crippen LogP contribution is -2.52. The van der Waals surface area contributed by atoms with Crippen molar-refractivity contribution in [3.05, 3.63) is 41.5 Å².